The Labute approximate surface area is 146 Å². The zero-order chi connectivity index (χ0) is 17.8. The summed E-state index contributed by atoms with van der Waals surface area (Å²) >= 11 is 0. The van der Waals surface area contributed by atoms with Crippen molar-refractivity contribution in [2.45, 2.75) is 13.5 Å². The molecule has 0 fully saturated rings. The van der Waals surface area contributed by atoms with Crippen LogP contribution < -0.4 is 19.5 Å². The van der Waals surface area contributed by atoms with E-state index < -0.39 is 0 Å². The Morgan fingerprint density at radius 2 is 1.60 bits per heavy atom. The molecule has 3 rings (SSSR count). The quantitative estimate of drug-likeness (QED) is 0.740. The van der Waals surface area contributed by atoms with E-state index in [0.717, 1.165) is 28.1 Å². The van der Waals surface area contributed by atoms with Gasteiger partial charge >= 0.3 is 0 Å². The number of hydrogen-bond acceptors (Lipinski definition) is 6. The SMILES string of the molecule is COc1cc(OC)c(CNc2nc(C)nc3ccccc23)c(OC)c1. The summed E-state index contributed by atoms with van der Waals surface area (Å²) in [7, 11) is 4.87. The molecule has 130 valence electrons. The first-order valence-electron chi connectivity index (χ1n) is 7.92. The predicted molar refractivity (Wildman–Crippen MR) is 97.7 cm³/mol. The van der Waals surface area contributed by atoms with Gasteiger partial charge in [-0.15, -0.1) is 0 Å². The molecule has 1 heterocycles. The zero-order valence-corrected chi connectivity index (χ0v) is 14.8. The van der Waals surface area contributed by atoms with E-state index in [1.807, 2.05) is 43.3 Å². The topological polar surface area (TPSA) is 65.5 Å². The van der Waals surface area contributed by atoms with Crippen molar-refractivity contribution >= 4 is 16.7 Å². The molecule has 6 nitrogen and oxygen atoms in total. The van der Waals surface area contributed by atoms with Crippen LogP contribution in [0.5, 0.6) is 17.2 Å². The third-order valence-electron chi connectivity index (χ3n) is 3.96. The molecule has 0 aliphatic carbocycles. The lowest BCUT2D eigenvalue weighted by molar-refractivity contribution is 0.369. The van der Waals surface area contributed by atoms with Gasteiger partial charge in [-0.1, -0.05) is 12.1 Å². The van der Waals surface area contributed by atoms with E-state index >= 15 is 0 Å². The standard InChI is InChI=1S/C19H21N3O3/c1-12-21-16-8-6-5-7-14(16)19(22-12)20-11-15-17(24-3)9-13(23-2)10-18(15)25-4/h5-10H,11H2,1-4H3,(H,20,21,22). The highest BCUT2D eigenvalue weighted by molar-refractivity contribution is 5.89. The fraction of sp³-hybridized carbons (Fsp3) is 0.263. The molecular weight excluding hydrogens is 318 g/mol. The minimum Gasteiger partial charge on any atom is -0.496 e. The molecule has 3 aromatic rings. The molecule has 0 unspecified atom stereocenters. The molecule has 1 aromatic heterocycles. The fourth-order valence-electron chi connectivity index (χ4n) is 2.75. The molecule has 1 N–H and O–H groups in total. The van der Waals surface area contributed by atoms with E-state index in [1.165, 1.54) is 0 Å². The Bertz CT molecular complexity index is 871. The first kappa shape index (κ1) is 16.8. The van der Waals surface area contributed by atoms with Crippen LogP contribution >= 0.6 is 0 Å². The zero-order valence-electron chi connectivity index (χ0n) is 14.8. The van der Waals surface area contributed by atoms with Crippen LogP contribution in [-0.4, -0.2) is 31.3 Å². The average Bonchev–Trinajstić information content (AvgIpc) is 2.65. The van der Waals surface area contributed by atoms with Crippen molar-refractivity contribution < 1.29 is 14.2 Å². The van der Waals surface area contributed by atoms with Crippen LogP contribution in [0.25, 0.3) is 10.9 Å². The van der Waals surface area contributed by atoms with E-state index in [4.69, 9.17) is 14.2 Å². The lowest BCUT2D eigenvalue weighted by atomic mass is 10.1. The summed E-state index contributed by atoms with van der Waals surface area (Å²) in [6.07, 6.45) is 0. The van der Waals surface area contributed by atoms with Gasteiger partial charge in [0.2, 0.25) is 0 Å². The third kappa shape index (κ3) is 3.42. The number of ether oxygens (including phenoxy) is 3. The summed E-state index contributed by atoms with van der Waals surface area (Å²) in [4.78, 5) is 9.00. The van der Waals surface area contributed by atoms with E-state index in [-0.39, 0.29) is 0 Å². The number of nitrogens with one attached hydrogen (secondary N) is 1. The molecule has 0 amide bonds. The maximum atomic E-state index is 5.50. The van der Waals surface area contributed by atoms with Gasteiger partial charge in [-0.2, -0.15) is 0 Å². The third-order valence-corrected chi connectivity index (χ3v) is 3.96. The van der Waals surface area contributed by atoms with E-state index in [1.54, 1.807) is 21.3 Å². The van der Waals surface area contributed by atoms with Gasteiger partial charge in [0.05, 0.1) is 32.4 Å². The minimum atomic E-state index is 0.497. The van der Waals surface area contributed by atoms with Crippen molar-refractivity contribution in [2.24, 2.45) is 0 Å². The second-order valence-electron chi connectivity index (χ2n) is 5.50. The lowest BCUT2D eigenvalue weighted by Crippen LogP contribution is -2.07. The fourth-order valence-corrected chi connectivity index (χ4v) is 2.75. The summed E-state index contributed by atoms with van der Waals surface area (Å²) in [6, 6.07) is 11.6. The number of benzene rings is 2. The number of fused-ring (bicyclic) bond motifs is 1. The summed E-state index contributed by atoms with van der Waals surface area (Å²) in [5.74, 6) is 3.57. The Hall–Kier alpha value is -3.02. The van der Waals surface area contributed by atoms with E-state index in [2.05, 4.69) is 15.3 Å². The van der Waals surface area contributed by atoms with Crippen LogP contribution in [0.2, 0.25) is 0 Å². The molecule has 0 spiro atoms. The molecule has 0 saturated heterocycles. The highest BCUT2D eigenvalue weighted by atomic mass is 16.5. The maximum absolute atomic E-state index is 5.50. The number of hydrogen-bond donors (Lipinski definition) is 1. The summed E-state index contributed by atoms with van der Waals surface area (Å²) in [6.45, 7) is 2.38. The van der Waals surface area contributed by atoms with Crippen molar-refractivity contribution in [3.8, 4) is 17.2 Å². The van der Waals surface area contributed by atoms with Crippen LogP contribution in [0.3, 0.4) is 0 Å². The molecular formula is C19H21N3O3. The largest absolute Gasteiger partial charge is 0.496 e. The molecule has 0 radical (unpaired) electrons. The first-order valence-corrected chi connectivity index (χ1v) is 7.92. The molecule has 25 heavy (non-hydrogen) atoms. The molecule has 0 saturated carbocycles. The smallest absolute Gasteiger partial charge is 0.137 e. The highest BCUT2D eigenvalue weighted by Gasteiger charge is 2.14. The number of aromatic nitrogens is 2. The molecule has 2 aromatic carbocycles. The van der Waals surface area contributed by atoms with Crippen LogP contribution in [0.15, 0.2) is 36.4 Å². The molecule has 6 heteroatoms. The van der Waals surface area contributed by atoms with E-state index in [0.29, 0.717) is 23.8 Å². The van der Waals surface area contributed by atoms with Gasteiger partial charge in [-0.25, -0.2) is 9.97 Å². The Morgan fingerprint density at radius 3 is 2.24 bits per heavy atom. The Balaban J connectivity index is 1.97. The van der Waals surface area contributed by atoms with Crippen molar-refractivity contribution in [2.75, 3.05) is 26.6 Å². The number of para-hydroxylation sites is 1. The van der Waals surface area contributed by atoms with Gasteiger partial charge in [0.25, 0.3) is 0 Å². The normalized spacial score (nSPS) is 10.6. The number of nitrogens with zero attached hydrogens (tertiary/aromatic N) is 2. The van der Waals surface area contributed by atoms with Gasteiger partial charge in [0.1, 0.15) is 28.9 Å². The first-order chi connectivity index (χ1) is 12.2. The van der Waals surface area contributed by atoms with Crippen LogP contribution in [0.4, 0.5) is 5.82 Å². The van der Waals surface area contributed by atoms with Crippen molar-refractivity contribution in [3.63, 3.8) is 0 Å². The second-order valence-corrected chi connectivity index (χ2v) is 5.50. The van der Waals surface area contributed by atoms with Gasteiger partial charge in [-0.05, 0) is 19.1 Å². The molecule has 0 aliphatic rings. The van der Waals surface area contributed by atoms with Crippen LogP contribution in [-0.2, 0) is 6.54 Å². The molecule has 0 atom stereocenters. The maximum Gasteiger partial charge on any atom is 0.137 e. The summed E-state index contributed by atoms with van der Waals surface area (Å²) < 4.78 is 16.3. The Morgan fingerprint density at radius 1 is 0.920 bits per heavy atom. The monoisotopic (exact) mass is 339 g/mol. The summed E-state index contributed by atoms with van der Waals surface area (Å²) in [5, 5.41) is 4.35. The number of aryl methyl sites for hydroxylation is 1. The Kier molecular flexibility index (Phi) is 4.88. The minimum absolute atomic E-state index is 0.497. The molecule has 0 bridgehead atoms. The predicted octanol–water partition coefficient (Wildman–Crippen LogP) is 3.58. The van der Waals surface area contributed by atoms with Gasteiger partial charge in [0.15, 0.2) is 0 Å². The van der Waals surface area contributed by atoms with Crippen LogP contribution in [0, 0.1) is 6.92 Å². The average molecular weight is 339 g/mol. The second kappa shape index (κ2) is 7.25. The lowest BCUT2D eigenvalue weighted by Gasteiger charge is -2.16. The van der Waals surface area contributed by atoms with Crippen molar-refractivity contribution in [1.29, 1.82) is 0 Å². The van der Waals surface area contributed by atoms with Gasteiger partial charge in [-0.3, -0.25) is 0 Å². The van der Waals surface area contributed by atoms with Gasteiger partial charge in [0, 0.05) is 24.1 Å². The highest BCUT2D eigenvalue weighted by Crippen LogP contribution is 2.34. The van der Waals surface area contributed by atoms with Crippen molar-refractivity contribution in [3.05, 3.63) is 47.8 Å². The summed E-state index contributed by atoms with van der Waals surface area (Å²) in [5.41, 5.74) is 1.80. The van der Waals surface area contributed by atoms with Gasteiger partial charge < -0.3 is 19.5 Å². The van der Waals surface area contributed by atoms with Crippen molar-refractivity contribution in [1.82, 2.24) is 9.97 Å². The number of methoxy groups -OCH3 is 3. The van der Waals surface area contributed by atoms with Crippen LogP contribution in [0.1, 0.15) is 11.4 Å². The van der Waals surface area contributed by atoms with E-state index in [9.17, 15) is 0 Å². The molecule has 0 aliphatic heterocycles. The number of rotatable bonds is 6. The number of anilines is 1.